The summed E-state index contributed by atoms with van der Waals surface area (Å²) in [6.45, 7) is 4.17. The van der Waals surface area contributed by atoms with Crippen LogP contribution in [0.25, 0.3) is 22.8 Å². The minimum atomic E-state index is 0.981. The molecule has 0 unspecified atom stereocenters. The molecule has 5 rings (SSSR count). The lowest BCUT2D eigenvalue weighted by Crippen LogP contribution is -1.96. The molecule has 0 saturated heterocycles. The molecule has 0 fully saturated rings. The Bertz CT molecular complexity index is 983. The van der Waals surface area contributed by atoms with E-state index in [0.29, 0.717) is 0 Å². The van der Waals surface area contributed by atoms with E-state index in [1.165, 1.54) is 52.7 Å². The third-order valence-electron chi connectivity index (χ3n) is 5.77. The van der Waals surface area contributed by atoms with Crippen molar-refractivity contribution in [3.05, 3.63) is 81.8 Å². The first-order chi connectivity index (χ1) is 12.2. The second-order valence-corrected chi connectivity index (χ2v) is 7.38. The van der Waals surface area contributed by atoms with E-state index in [0.717, 1.165) is 17.9 Å². The minimum absolute atomic E-state index is 0.981. The predicted molar refractivity (Wildman–Crippen MR) is 104 cm³/mol. The van der Waals surface area contributed by atoms with Crippen molar-refractivity contribution in [1.82, 2.24) is 0 Å². The first kappa shape index (κ1) is 14.8. The summed E-state index contributed by atoms with van der Waals surface area (Å²) >= 11 is 0. The summed E-state index contributed by atoms with van der Waals surface area (Å²) in [6, 6.07) is 15.5. The number of furan rings is 1. The van der Waals surface area contributed by atoms with Crippen LogP contribution in [0.15, 0.2) is 46.9 Å². The fraction of sp³-hybridized carbons (Fsp3) is 0.250. The van der Waals surface area contributed by atoms with Crippen LogP contribution in [0.5, 0.6) is 0 Å². The van der Waals surface area contributed by atoms with Crippen LogP contribution in [0.3, 0.4) is 0 Å². The Hall–Kier alpha value is -2.54. The number of hydrogen-bond acceptors (Lipinski definition) is 1. The van der Waals surface area contributed by atoms with E-state index >= 15 is 0 Å². The van der Waals surface area contributed by atoms with Crippen LogP contribution in [-0.4, -0.2) is 0 Å². The molecule has 3 aromatic rings. The van der Waals surface area contributed by atoms with Crippen molar-refractivity contribution < 1.29 is 4.42 Å². The average Bonchev–Trinajstić information content (AvgIpc) is 3.32. The van der Waals surface area contributed by atoms with Crippen molar-refractivity contribution >= 4 is 11.6 Å². The number of allylic oxidation sites excluding steroid dienone is 1. The summed E-state index contributed by atoms with van der Waals surface area (Å²) in [5.74, 6) is 2.06. The fourth-order valence-electron chi connectivity index (χ4n) is 4.39. The van der Waals surface area contributed by atoms with E-state index in [1.807, 2.05) is 6.92 Å². The predicted octanol–water partition coefficient (Wildman–Crippen LogP) is 6.15. The van der Waals surface area contributed by atoms with Gasteiger partial charge in [0.2, 0.25) is 0 Å². The van der Waals surface area contributed by atoms with Crippen LogP contribution >= 0.6 is 0 Å². The normalized spacial score (nSPS) is 15.2. The molecule has 1 aromatic heterocycles. The van der Waals surface area contributed by atoms with Gasteiger partial charge in [0.25, 0.3) is 0 Å². The average molecular weight is 326 g/mol. The second kappa shape index (κ2) is 5.49. The van der Waals surface area contributed by atoms with E-state index in [4.69, 9.17) is 4.42 Å². The van der Waals surface area contributed by atoms with E-state index < -0.39 is 0 Å². The van der Waals surface area contributed by atoms with Gasteiger partial charge in [0.1, 0.15) is 11.5 Å². The highest BCUT2D eigenvalue weighted by atomic mass is 16.3. The Morgan fingerprint density at radius 2 is 1.76 bits per heavy atom. The molecule has 0 amide bonds. The number of fused-ring (bicyclic) bond motifs is 2. The molecule has 0 aliphatic heterocycles. The van der Waals surface area contributed by atoms with Crippen LogP contribution in [-0.2, 0) is 19.3 Å². The molecule has 0 N–H and O–H groups in total. The van der Waals surface area contributed by atoms with Crippen LogP contribution in [0, 0.1) is 13.8 Å². The lowest BCUT2D eigenvalue weighted by atomic mass is 9.90. The summed E-state index contributed by atoms with van der Waals surface area (Å²) in [4.78, 5) is 0. The van der Waals surface area contributed by atoms with Gasteiger partial charge >= 0.3 is 0 Å². The number of aryl methyl sites for hydroxylation is 3. The maximum atomic E-state index is 6.01. The monoisotopic (exact) mass is 326 g/mol. The van der Waals surface area contributed by atoms with Gasteiger partial charge in [-0.25, -0.2) is 0 Å². The van der Waals surface area contributed by atoms with Gasteiger partial charge in [-0.1, -0.05) is 36.4 Å². The maximum absolute atomic E-state index is 6.01. The van der Waals surface area contributed by atoms with Crippen molar-refractivity contribution in [1.29, 1.82) is 0 Å². The molecule has 0 saturated carbocycles. The van der Waals surface area contributed by atoms with Gasteiger partial charge in [-0.05, 0) is 89.8 Å². The molecular formula is C24H22O. The van der Waals surface area contributed by atoms with Gasteiger partial charge in [-0.3, -0.25) is 0 Å². The molecule has 2 aliphatic carbocycles. The zero-order valence-corrected chi connectivity index (χ0v) is 14.9. The molecule has 2 aromatic carbocycles. The molecule has 1 heterocycles. The highest BCUT2D eigenvalue weighted by molar-refractivity contribution is 5.94. The molecular weight excluding hydrogens is 304 g/mol. The van der Waals surface area contributed by atoms with E-state index in [2.05, 4.69) is 55.5 Å². The molecule has 25 heavy (non-hydrogen) atoms. The van der Waals surface area contributed by atoms with Gasteiger partial charge in [-0.2, -0.15) is 0 Å². The molecule has 0 atom stereocenters. The first-order valence-corrected chi connectivity index (χ1v) is 9.22. The zero-order chi connectivity index (χ0) is 17.0. The molecule has 2 aliphatic rings. The van der Waals surface area contributed by atoms with Crippen molar-refractivity contribution in [2.24, 2.45) is 0 Å². The number of rotatable bonds is 2. The Morgan fingerprint density at radius 3 is 2.52 bits per heavy atom. The topological polar surface area (TPSA) is 13.1 Å². The highest BCUT2D eigenvalue weighted by Crippen LogP contribution is 2.43. The zero-order valence-electron chi connectivity index (χ0n) is 14.9. The van der Waals surface area contributed by atoms with Crippen molar-refractivity contribution in [2.45, 2.75) is 39.5 Å². The first-order valence-electron chi connectivity index (χ1n) is 9.22. The van der Waals surface area contributed by atoms with Gasteiger partial charge in [0.15, 0.2) is 0 Å². The van der Waals surface area contributed by atoms with Gasteiger partial charge in [-0.15, -0.1) is 0 Å². The van der Waals surface area contributed by atoms with E-state index in [9.17, 15) is 0 Å². The molecule has 0 bridgehead atoms. The summed E-state index contributed by atoms with van der Waals surface area (Å²) in [5.41, 5.74) is 11.3. The Morgan fingerprint density at radius 1 is 0.920 bits per heavy atom. The molecule has 0 spiro atoms. The third kappa shape index (κ3) is 2.30. The third-order valence-corrected chi connectivity index (χ3v) is 5.77. The minimum Gasteiger partial charge on any atom is -0.461 e. The maximum Gasteiger partial charge on any atom is 0.130 e. The molecule has 124 valence electrons. The van der Waals surface area contributed by atoms with Gasteiger partial charge < -0.3 is 4.42 Å². The summed E-state index contributed by atoms with van der Waals surface area (Å²) in [5, 5.41) is 0. The smallest absolute Gasteiger partial charge is 0.130 e. The largest absolute Gasteiger partial charge is 0.461 e. The van der Waals surface area contributed by atoms with Crippen LogP contribution < -0.4 is 0 Å². The Kier molecular flexibility index (Phi) is 3.24. The van der Waals surface area contributed by atoms with Crippen molar-refractivity contribution in [2.75, 3.05) is 0 Å². The fourth-order valence-corrected chi connectivity index (χ4v) is 4.39. The lowest BCUT2D eigenvalue weighted by Gasteiger charge is -2.14. The lowest BCUT2D eigenvalue weighted by molar-refractivity contribution is 0.518. The summed E-state index contributed by atoms with van der Waals surface area (Å²) in [6.07, 6.45) is 7.06. The van der Waals surface area contributed by atoms with Gasteiger partial charge in [0, 0.05) is 6.42 Å². The standard InChI is InChI=1S/C24H22O/c1-15-11-23(25-16(15)2)20-13-19-12-18-9-6-10-21(18)24(22(19)14-20)17-7-4-3-5-8-17/h3-5,7-8,11-12,14H,6,9-10,13H2,1-2H3. The molecule has 1 nitrogen and oxygen atoms in total. The molecule has 1 heteroatoms. The van der Waals surface area contributed by atoms with E-state index in [1.54, 1.807) is 11.1 Å². The Labute approximate surface area is 149 Å². The highest BCUT2D eigenvalue weighted by Gasteiger charge is 2.26. The summed E-state index contributed by atoms with van der Waals surface area (Å²) < 4.78 is 6.01. The number of benzene rings is 2. The van der Waals surface area contributed by atoms with Crippen LogP contribution in [0.1, 0.15) is 45.8 Å². The van der Waals surface area contributed by atoms with Crippen molar-refractivity contribution in [3.63, 3.8) is 0 Å². The van der Waals surface area contributed by atoms with E-state index in [-0.39, 0.29) is 0 Å². The SMILES string of the molecule is Cc1cc(C2=Cc3c(cc4c(c3-c3ccccc3)CCC4)C2)oc1C. The van der Waals surface area contributed by atoms with Crippen LogP contribution in [0.4, 0.5) is 0 Å². The Balaban J connectivity index is 1.71. The van der Waals surface area contributed by atoms with Crippen molar-refractivity contribution in [3.8, 4) is 11.1 Å². The molecule has 0 radical (unpaired) electrons. The number of hydrogen-bond donors (Lipinski definition) is 0. The summed E-state index contributed by atoms with van der Waals surface area (Å²) in [7, 11) is 0. The quantitative estimate of drug-likeness (QED) is 0.550. The van der Waals surface area contributed by atoms with Gasteiger partial charge in [0.05, 0.1) is 0 Å². The van der Waals surface area contributed by atoms with Crippen LogP contribution in [0.2, 0.25) is 0 Å². The second-order valence-electron chi connectivity index (χ2n) is 7.38.